The Bertz CT molecular complexity index is 201. The second kappa shape index (κ2) is 2.87. The van der Waals surface area contributed by atoms with Gasteiger partial charge in [-0.15, -0.1) is 0 Å². The van der Waals surface area contributed by atoms with Gasteiger partial charge in [-0.1, -0.05) is 15.9 Å². The molecule has 0 atom stereocenters. The Balaban J connectivity index is 2.94. The van der Waals surface area contributed by atoms with E-state index in [0.29, 0.717) is 5.33 Å². The Morgan fingerprint density at radius 2 is 2.33 bits per heavy atom. The molecule has 0 aromatic carbocycles. The summed E-state index contributed by atoms with van der Waals surface area (Å²) in [4.78, 5) is 11.8. The number of aromatic nitrogens is 3. The molecule has 4 heteroatoms. The van der Waals surface area contributed by atoms with Gasteiger partial charge < -0.3 is 0 Å². The summed E-state index contributed by atoms with van der Waals surface area (Å²) in [5.41, 5.74) is 0. The summed E-state index contributed by atoms with van der Waals surface area (Å²) >= 11 is 3.24. The molecular weight excluding hydrogens is 182 g/mol. The fourth-order valence-corrected chi connectivity index (χ4v) is 0.758. The van der Waals surface area contributed by atoms with Gasteiger partial charge in [0.1, 0.15) is 18.0 Å². The average molecular weight is 188 g/mol. The molecule has 0 unspecified atom stereocenters. The fourth-order valence-electron chi connectivity index (χ4n) is 0.488. The third-order valence-corrected chi connectivity index (χ3v) is 1.36. The van der Waals surface area contributed by atoms with E-state index in [1.807, 2.05) is 6.92 Å². The molecule has 1 rings (SSSR count). The Hall–Kier alpha value is -0.510. The lowest BCUT2D eigenvalue weighted by Crippen LogP contribution is -1.94. The van der Waals surface area contributed by atoms with Gasteiger partial charge in [0, 0.05) is 0 Å². The minimum atomic E-state index is 0.691. The predicted octanol–water partition coefficient (Wildman–Crippen LogP) is 1.07. The standard InChI is InChI=1S/C5H6BrN3/c1-4-7-3-8-5(2-6)9-4/h3H,2H2,1H3. The van der Waals surface area contributed by atoms with Crippen molar-refractivity contribution < 1.29 is 0 Å². The van der Waals surface area contributed by atoms with Crippen LogP contribution in [0.5, 0.6) is 0 Å². The van der Waals surface area contributed by atoms with E-state index in [-0.39, 0.29) is 0 Å². The van der Waals surface area contributed by atoms with E-state index < -0.39 is 0 Å². The number of rotatable bonds is 1. The lowest BCUT2D eigenvalue weighted by Gasteiger charge is -1.91. The van der Waals surface area contributed by atoms with Crippen molar-refractivity contribution >= 4 is 15.9 Å². The Morgan fingerprint density at radius 3 is 2.78 bits per heavy atom. The number of aryl methyl sites for hydroxylation is 1. The summed E-state index contributed by atoms with van der Waals surface area (Å²) in [6.07, 6.45) is 1.51. The maximum Gasteiger partial charge on any atom is 0.142 e. The van der Waals surface area contributed by atoms with Gasteiger partial charge in [-0.25, -0.2) is 15.0 Å². The highest BCUT2D eigenvalue weighted by molar-refractivity contribution is 9.08. The van der Waals surface area contributed by atoms with E-state index in [0.717, 1.165) is 11.6 Å². The summed E-state index contributed by atoms with van der Waals surface area (Å²) in [5.74, 6) is 1.54. The van der Waals surface area contributed by atoms with E-state index in [4.69, 9.17) is 0 Å². The normalized spacial score (nSPS) is 9.56. The van der Waals surface area contributed by atoms with Crippen LogP contribution in [0.1, 0.15) is 11.6 Å². The molecule has 0 spiro atoms. The van der Waals surface area contributed by atoms with Crippen LogP contribution in [0.4, 0.5) is 0 Å². The van der Waals surface area contributed by atoms with Crippen LogP contribution in [0, 0.1) is 6.92 Å². The molecule has 1 aromatic heterocycles. The van der Waals surface area contributed by atoms with E-state index >= 15 is 0 Å². The first-order valence-electron chi connectivity index (χ1n) is 2.53. The van der Waals surface area contributed by atoms with Crippen molar-refractivity contribution in [2.24, 2.45) is 0 Å². The van der Waals surface area contributed by atoms with Crippen LogP contribution in [0.15, 0.2) is 6.33 Å². The van der Waals surface area contributed by atoms with Crippen LogP contribution in [-0.4, -0.2) is 15.0 Å². The first-order valence-corrected chi connectivity index (χ1v) is 3.65. The van der Waals surface area contributed by atoms with Crippen molar-refractivity contribution in [2.75, 3.05) is 0 Å². The summed E-state index contributed by atoms with van der Waals surface area (Å²) < 4.78 is 0. The van der Waals surface area contributed by atoms with E-state index in [9.17, 15) is 0 Å². The van der Waals surface area contributed by atoms with Gasteiger partial charge in [-0.2, -0.15) is 0 Å². The number of alkyl halides is 1. The summed E-state index contributed by atoms with van der Waals surface area (Å²) in [6, 6.07) is 0. The van der Waals surface area contributed by atoms with Crippen molar-refractivity contribution in [1.82, 2.24) is 15.0 Å². The summed E-state index contributed by atoms with van der Waals surface area (Å²) in [5, 5.41) is 0.691. The minimum absolute atomic E-state index is 0.691. The zero-order valence-electron chi connectivity index (χ0n) is 5.00. The number of hydrogen-bond donors (Lipinski definition) is 0. The van der Waals surface area contributed by atoms with Gasteiger partial charge in [-0.05, 0) is 6.92 Å². The molecule has 0 fully saturated rings. The highest BCUT2D eigenvalue weighted by Crippen LogP contribution is 1.95. The molecule has 1 aromatic rings. The highest BCUT2D eigenvalue weighted by Gasteiger charge is 1.91. The average Bonchev–Trinajstić information content (AvgIpc) is 1.88. The molecule has 0 radical (unpaired) electrons. The van der Waals surface area contributed by atoms with E-state index in [2.05, 4.69) is 30.9 Å². The quantitative estimate of drug-likeness (QED) is 0.618. The zero-order valence-corrected chi connectivity index (χ0v) is 6.59. The van der Waals surface area contributed by atoms with Gasteiger partial charge in [0.2, 0.25) is 0 Å². The van der Waals surface area contributed by atoms with Crippen LogP contribution in [0.25, 0.3) is 0 Å². The van der Waals surface area contributed by atoms with Crippen LogP contribution in [0.3, 0.4) is 0 Å². The fraction of sp³-hybridized carbons (Fsp3) is 0.400. The monoisotopic (exact) mass is 187 g/mol. The Morgan fingerprint density at radius 1 is 1.56 bits per heavy atom. The topological polar surface area (TPSA) is 38.7 Å². The van der Waals surface area contributed by atoms with Crippen molar-refractivity contribution in [3.8, 4) is 0 Å². The first-order chi connectivity index (χ1) is 4.33. The molecule has 0 aliphatic rings. The molecule has 3 nitrogen and oxygen atoms in total. The molecule has 0 saturated carbocycles. The molecule has 0 N–H and O–H groups in total. The van der Waals surface area contributed by atoms with E-state index in [1.54, 1.807) is 0 Å². The van der Waals surface area contributed by atoms with Crippen molar-refractivity contribution in [3.63, 3.8) is 0 Å². The Kier molecular flexibility index (Phi) is 2.10. The SMILES string of the molecule is Cc1ncnc(CBr)n1. The van der Waals surface area contributed by atoms with Gasteiger partial charge in [0.05, 0.1) is 5.33 Å². The van der Waals surface area contributed by atoms with Crippen molar-refractivity contribution in [1.29, 1.82) is 0 Å². The Labute approximate surface area is 61.7 Å². The molecule has 1 heterocycles. The number of halogens is 1. The molecule has 0 bridgehead atoms. The molecule has 48 valence electrons. The van der Waals surface area contributed by atoms with Crippen LogP contribution < -0.4 is 0 Å². The number of hydrogen-bond acceptors (Lipinski definition) is 3. The van der Waals surface area contributed by atoms with Crippen molar-refractivity contribution in [2.45, 2.75) is 12.3 Å². The largest absolute Gasteiger partial charge is 0.222 e. The second-order valence-corrected chi connectivity index (χ2v) is 2.14. The molecular formula is C5H6BrN3. The van der Waals surface area contributed by atoms with Crippen LogP contribution >= 0.6 is 15.9 Å². The van der Waals surface area contributed by atoms with Crippen LogP contribution in [0.2, 0.25) is 0 Å². The smallest absolute Gasteiger partial charge is 0.142 e. The lowest BCUT2D eigenvalue weighted by atomic mass is 10.6. The van der Waals surface area contributed by atoms with Gasteiger partial charge >= 0.3 is 0 Å². The molecule has 0 amide bonds. The molecule has 0 saturated heterocycles. The minimum Gasteiger partial charge on any atom is -0.222 e. The zero-order chi connectivity index (χ0) is 6.69. The van der Waals surface area contributed by atoms with Gasteiger partial charge in [0.25, 0.3) is 0 Å². The lowest BCUT2D eigenvalue weighted by molar-refractivity contribution is 0.913. The van der Waals surface area contributed by atoms with Gasteiger partial charge in [0.15, 0.2) is 0 Å². The first kappa shape index (κ1) is 6.61. The second-order valence-electron chi connectivity index (χ2n) is 1.58. The summed E-state index contributed by atoms with van der Waals surface area (Å²) in [7, 11) is 0. The maximum absolute atomic E-state index is 4.02. The summed E-state index contributed by atoms with van der Waals surface area (Å²) in [6.45, 7) is 1.84. The third kappa shape index (κ3) is 1.71. The third-order valence-electron chi connectivity index (χ3n) is 0.862. The predicted molar refractivity (Wildman–Crippen MR) is 37.2 cm³/mol. The maximum atomic E-state index is 4.02. The molecule has 9 heavy (non-hydrogen) atoms. The number of nitrogens with zero attached hydrogens (tertiary/aromatic N) is 3. The van der Waals surface area contributed by atoms with Crippen LogP contribution in [-0.2, 0) is 5.33 Å². The molecule has 0 aliphatic heterocycles. The van der Waals surface area contributed by atoms with Crippen molar-refractivity contribution in [3.05, 3.63) is 18.0 Å². The molecule has 0 aliphatic carbocycles. The van der Waals surface area contributed by atoms with Gasteiger partial charge in [-0.3, -0.25) is 0 Å². The highest BCUT2D eigenvalue weighted by atomic mass is 79.9. The van der Waals surface area contributed by atoms with E-state index in [1.165, 1.54) is 6.33 Å².